The number of likely N-dealkylation sites (tertiary alicyclic amines) is 1. The number of hydrogen-bond acceptors (Lipinski definition) is 4. The lowest BCUT2D eigenvalue weighted by atomic mass is 10.1. The summed E-state index contributed by atoms with van der Waals surface area (Å²) < 4.78 is 5.18. The van der Waals surface area contributed by atoms with Crippen LogP contribution in [0.3, 0.4) is 0 Å². The number of carbonyl (C=O) groups excluding carboxylic acids is 2. The molecule has 166 valence electrons. The molecule has 8 nitrogen and oxygen atoms in total. The predicted molar refractivity (Wildman–Crippen MR) is 127 cm³/mol. The molecule has 1 atom stereocenters. The molecule has 2 amide bonds. The van der Waals surface area contributed by atoms with Crippen LogP contribution >= 0.6 is 24.0 Å². The lowest BCUT2D eigenvalue weighted by Gasteiger charge is -2.18. The summed E-state index contributed by atoms with van der Waals surface area (Å²) in [7, 11) is 5.09. The van der Waals surface area contributed by atoms with Gasteiger partial charge in [-0.25, -0.2) is 4.99 Å². The quantitative estimate of drug-likeness (QED) is 0.303. The highest BCUT2D eigenvalue weighted by Gasteiger charge is 2.39. The average molecular weight is 529 g/mol. The minimum atomic E-state index is -0.0279. The van der Waals surface area contributed by atoms with Gasteiger partial charge in [0.15, 0.2) is 5.96 Å². The number of amides is 2. The smallest absolute Gasteiger partial charge is 0.241 e. The van der Waals surface area contributed by atoms with Gasteiger partial charge in [0.1, 0.15) is 5.75 Å². The predicted octanol–water partition coefficient (Wildman–Crippen LogP) is 1.45. The Labute approximate surface area is 195 Å². The van der Waals surface area contributed by atoms with Crippen molar-refractivity contribution >= 4 is 41.8 Å². The van der Waals surface area contributed by atoms with Gasteiger partial charge >= 0.3 is 0 Å². The van der Waals surface area contributed by atoms with Gasteiger partial charge in [-0.05, 0) is 30.5 Å². The normalized spacial score (nSPS) is 18.6. The number of guanidine groups is 1. The Hall–Kier alpha value is -2.04. The Morgan fingerprint density at radius 3 is 2.53 bits per heavy atom. The van der Waals surface area contributed by atoms with Crippen LogP contribution in [0.25, 0.3) is 0 Å². The molecule has 1 unspecified atom stereocenters. The first kappa shape index (κ1) is 24.2. The van der Waals surface area contributed by atoms with Gasteiger partial charge in [0.25, 0.3) is 0 Å². The van der Waals surface area contributed by atoms with E-state index in [2.05, 4.69) is 15.6 Å². The summed E-state index contributed by atoms with van der Waals surface area (Å²) in [6, 6.07) is 8.20. The first-order valence-corrected chi connectivity index (χ1v) is 10.1. The number of methoxy groups -OCH3 is 1. The summed E-state index contributed by atoms with van der Waals surface area (Å²) in [4.78, 5) is 32.3. The second-order valence-electron chi connectivity index (χ2n) is 7.88. The van der Waals surface area contributed by atoms with Crippen molar-refractivity contribution in [3.8, 4) is 5.75 Å². The monoisotopic (exact) mass is 529 g/mol. The third kappa shape index (κ3) is 7.03. The molecular formula is C21H32IN5O3. The molecule has 2 fully saturated rings. The maximum Gasteiger partial charge on any atom is 0.241 e. The van der Waals surface area contributed by atoms with Crippen molar-refractivity contribution in [3.63, 3.8) is 0 Å². The van der Waals surface area contributed by atoms with E-state index in [1.807, 2.05) is 29.2 Å². The number of likely N-dealkylation sites (N-methyl/N-ethyl adjacent to an activating group) is 1. The van der Waals surface area contributed by atoms with Crippen LogP contribution in [0.15, 0.2) is 29.3 Å². The molecule has 1 heterocycles. The number of carbonyl (C=O) groups is 2. The summed E-state index contributed by atoms with van der Waals surface area (Å²) in [6.07, 6.45) is 2.84. The van der Waals surface area contributed by atoms with Gasteiger partial charge in [-0.15, -0.1) is 24.0 Å². The second-order valence-corrected chi connectivity index (χ2v) is 7.88. The van der Waals surface area contributed by atoms with Gasteiger partial charge in [-0.1, -0.05) is 12.1 Å². The number of rotatable bonds is 8. The van der Waals surface area contributed by atoms with E-state index in [0.717, 1.165) is 30.7 Å². The number of hydrogen-bond donors (Lipinski definition) is 2. The zero-order chi connectivity index (χ0) is 20.8. The summed E-state index contributed by atoms with van der Waals surface area (Å²) in [5.41, 5.74) is 1.04. The largest absolute Gasteiger partial charge is 0.497 e. The highest BCUT2D eigenvalue weighted by molar-refractivity contribution is 14.0. The topological polar surface area (TPSA) is 86.3 Å². The molecule has 2 N–H and O–H groups in total. The lowest BCUT2D eigenvalue weighted by molar-refractivity contribution is -0.128. The van der Waals surface area contributed by atoms with Crippen LogP contribution in [0.1, 0.15) is 24.8 Å². The van der Waals surface area contributed by atoms with E-state index < -0.39 is 0 Å². The van der Waals surface area contributed by atoms with Crippen LogP contribution in [-0.4, -0.2) is 74.5 Å². The van der Waals surface area contributed by atoms with Crippen LogP contribution in [-0.2, 0) is 16.1 Å². The first-order chi connectivity index (χ1) is 14.0. The third-order valence-electron chi connectivity index (χ3n) is 5.27. The van der Waals surface area contributed by atoms with Crippen molar-refractivity contribution in [2.75, 3.05) is 40.8 Å². The zero-order valence-electron chi connectivity index (χ0n) is 17.9. The molecule has 2 aliphatic rings. The number of ether oxygens (including phenoxy) is 1. The minimum Gasteiger partial charge on any atom is -0.497 e. The highest BCUT2D eigenvalue weighted by Crippen LogP contribution is 2.32. The fourth-order valence-electron chi connectivity index (χ4n) is 3.32. The van der Waals surface area contributed by atoms with E-state index in [1.165, 1.54) is 4.90 Å². The standard InChI is InChI=1S/C21H31N5O3.HI/c1-25(2)20(28)13-24-21(22-11-15-4-8-18(29-3)9-5-15)23-12-16-10-19(27)26(14-16)17-6-7-17;/h4-5,8-9,16-17H,6-7,10-14H2,1-3H3,(H2,22,23,24);1H. The zero-order valence-corrected chi connectivity index (χ0v) is 20.2. The Bertz CT molecular complexity index is 750. The van der Waals surface area contributed by atoms with Crippen molar-refractivity contribution in [3.05, 3.63) is 29.8 Å². The molecule has 1 aromatic rings. The maximum atomic E-state index is 12.2. The number of benzene rings is 1. The van der Waals surface area contributed by atoms with Crippen LogP contribution < -0.4 is 15.4 Å². The van der Waals surface area contributed by atoms with Crippen LogP contribution in [0, 0.1) is 5.92 Å². The molecule has 1 saturated heterocycles. The van der Waals surface area contributed by atoms with Gasteiger partial charge < -0.3 is 25.2 Å². The number of nitrogens with one attached hydrogen (secondary N) is 2. The summed E-state index contributed by atoms with van der Waals surface area (Å²) in [5.74, 6) is 1.87. The van der Waals surface area contributed by atoms with Crippen molar-refractivity contribution in [2.24, 2.45) is 10.9 Å². The maximum absolute atomic E-state index is 12.2. The van der Waals surface area contributed by atoms with E-state index in [9.17, 15) is 9.59 Å². The third-order valence-corrected chi connectivity index (χ3v) is 5.27. The molecular weight excluding hydrogens is 497 g/mol. The van der Waals surface area contributed by atoms with Crippen LogP contribution in [0.5, 0.6) is 5.75 Å². The minimum absolute atomic E-state index is 0. The molecule has 30 heavy (non-hydrogen) atoms. The van der Waals surface area contributed by atoms with Gasteiger partial charge in [0.2, 0.25) is 11.8 Å². The van der Waals surface area contributed by atoms with E-state index >= 15 is 0 Å². The van der Waals surface area contributed by atoms with Crippen LogP contribution in [0.2, 0.25) is 0 Å². The van der Waals surface area contributed by atoms with Gasteiger partial charge in [-0.3, -0.25) is 9.59 Å². The van der Waals surface area contributed by atoms with Crippen molar-refractivity contribution in [1.82, 2.24) is 20.4 Å². The fraction of sp³-hybridized carbons (Fsp3) is 0.571. The number of halogens is 1. The molecule has 1 aromatic carbocycles. The van der Waals surface area contributed by atoms with E-state index in [0.29, 0.717) is 31.5 Å². The number of nitrogens with zero attached hydrogens (tertiary/aromatic N) is 3. The molecule has 9 heteroatoms. The van der Waals surface area contributed by atoms with Crippen molar-refractivity contribution in [1.29, 1.82) is 0 Å². The molecule has 0 radical (unpaired) electrons. The molecule has 1 aliphatic heterocycles. The van der Waals surface area contributed by atoms with Crippen molar-refractivity contribution in [2.45, 2.75) is 31.8 Å². The lowest BCUT2D eigenvalue weighted by Crippen LogP contribution is -2.44. The fourth-order valence-corrected chi connectivity index (χ4v) is 3.32. The Balaban J connectivity index is 0.00000320. The molecule has 0 aromatic heterocycles. The van der Waals surface area contributed by atoms with Crippen LogP contribution in [0.4, 0.5) is 0 Å². The molecule has 1 aliphatic carbocycles. The van der Waals surface area contributed by atoms with Gasteiger partial charge in [-0.2, -0.15) is 0 Å². The first-order valence-electron chi connectivity index (χ1n) is 10.1. The SMILES string of the molecule is COc1ccc(CN=C(NCC(=O)N(C)C)NCC2CC(=O)N(C3CC3)C2)cc1.I. The van der Waals surface area contributed by atoms with Gasteiger partial charge in [0, 0.05) is 45.6 Å². The average Bonchev–Trinajstić information content (AvgIpc) is 3.49. The van der Waals surface area contributed by atoms with E-state index in [1.54, 1.807) is 21.2 Å². The van der Waals surface area contributed by atoms with Crippen molar-refractivity contribution < 1.29 is 14.3 Å². The molecule has 3 rings (SSSR count). The molecule has 0 spiro atoms. The summed E-state index contributed by atoms with van der Waals surface area (Å²) in [6.45, 7) is 2.10. The Morgan fingerprint density at radius 2 is 1.93 bits per heavy atom. The number of aliphatic imine (C=N–C) groups is 1. The summed E-state index contributed by atoms with van der Waals surface area (Å²) in [5, 5.41) is 6.41. The second kappa shape index (κ2) is 11.4. The van der Waals surface area contributed by atoms with E-state index in [4.69, 9.17) is 4.74 Å². The van der Waals surface area contributed by atoms with Gasteiger partial charge in [0.05, 0.1) is 20.2 Å². The van der Waals surface area contributed by atoms with E-state index in [-0.39, 0.29) is 48.3 Å². The molecule has 0 bridgehead atoms. The highest BCUT2D eigenvalue weighted by atomic mass is 127. The Kier molecular flexibility index (Phi) is 9.19. The summed E-state index contributed by atoms with van der Waals surface area (Å²) >= 11 is 0. The Morgan fingerprint density at radius 1 is 1.23 bits per heavy atom. The molecule has 1 saturated carbocycles.